The predicted octanol–water partition coefficient (Wildman–Crippen LogP) is 3.64. The lowest BCUT2D eigenvalue weighted by molar-refractivity contribution is 0.0785. The number of methoxy groups -OCH3 is 2. The highest BCUT2D eigenvalue weighted by Gasteiger charge is 2.14. The second-order valence-corrected chi connectivity index (χ2v) is 7.30. The maximum Gasteiger partial charge on any atom is 0.254 e. The third-order valence-corrected chi connectivity index (χ3v) is 4.82. The number of hydrogen-bond donors (Lipinski definition) is 0. The Morgan fingerprint density at radius 1 is 1.24 bits per heavy atom. The number of halogens is 1. The normalized spacial score (nSPS) is 10.3. The number of nitrogens with zero attached hydrogens (tertiary/aromatic N) is 1. The number of carbonyl (C=O) groups is 1. The van der Waals surface area contributed by atoms with Crippen molar-refractivity contribution in [2.75, 3.05) is 21.3 Å². The van der Waals surface area contributed by atoms with Crippen molar-refractivity contribution in [3.05, 3.63) is 43.7 Å². The van der Waals surface area contributed by atoms with Crippen LogP contribution in [0.2, 0.25) is 0 Å². The van der Waals surface area contributed by atoms with Crippen LogP contribution < -0.4 is 9.47 Å². The molecule has 0 fully saturated rings. The summed E-state index contributed by atoms with van der Waals surface area (Å²) >= 11 is 3.79. The van der Waals surface area contributed by atoms with Gasteiger partial charge in [0.25, 0.3) is 5.91 Å². The van der Waals surface area contributed by atoms with Gasteiger partial charge in [-0.15, -0.1) is 11.3 Å². The monoisotopic (exact) mass is 417 g/mol. The Bertz CT molecular complexity index is 642. The van der Waals surface area contributed by atoms with E-state index in [4.69, 9.17) is 9.47 Å². The fourth-order valence-corrected chi connectivity index (χ4v) is 3.29. The molecule has 0 aliphatic heterocycles. The summed E-state index contributed by atoms with van der Waals surface area (Å²) in [6.45, 7) is 0.519. The van der Waals surface area contributed by atoms with Crippen molar-refractivity contribution in [2.24, 2.45) is 0 Å². The maximum absolute atomic E-state index is 12.3. The Kier molecular flexibility index (Phi) is 5.46. The number of rotatable bonds is 5. The van der Waals surface area contributed by atoms with Crippen LogP contribution in [0, 0.1) is 2.88 Å². The van der Waals surface area contributed by atoms with Gasteiger partial charge in [-0.1, -0.05) is 6.07 Å². The standard InChI is InChI=1S/C15H16INO3S/c1-17(15(18)11-7-14(16)21-9-11)8-10-4-5-12(19-2)13(6-10)20-3/h4-7,9H,8H2,1-3H3. The lowest BCUT2D eigenvalue weighted by Crippen LogP contribution is -2.25. The van der Waals surface area contributed by atoms with Crippen molar-refractivity contribution < 1.29 is 14.3 Å². The lowest BCUT2D eigenvalue weighted by Gasteiger charge is -2.17. The maximum atomic E-state index is 12.3. The second-order valence-electron chi connectivity index (χ2n) is 4.49. The molecule has 0 aliphatic rings. The zero-order chi connectivity index (χ0) is 15.4. The van der Waals surface area contributed by atoms with Gasteiger partial charge in [-0.25, -0.2) is 0 Å². The molecule has 0 atom stereocenters. The smallest absolute Gasteiger partial charge is 0.254 e. The van der Waals surface area contributed by atoms with Crippen molar-refractivity contribution >= 4 is 39.8 Å². The van der Waals surface area contributed by atoms with E-state index in [1.165, 1.54) is 0 Å². The number of hydrogen-bond acceptors (Lipinski definition) is 4. The molecule has 0 aliphatic carbocycles. The summed E-state index contributed by atoms with van der Waals surface area (Å²) < 4.78 is 11.6. The molecule has 0 spiro atoms. The average molecular weight is 417 g/mol. The van der Waals surface area contributed by atoms with Gasteiger partial charge in [0.15, 0.2) is 11.5 Å². The highest BCUT2D eigenvalue weighted by Crippen LogP contribution is 2.28. The van der Waals surface area contributed by atoms with Crippen LogP contribution in [0.25, 0.3) is 0 Å². The van der Waals surface area contributed by atoms with E-state index in [0.717, 1.165) is 14.0 Å². The molecule has 1 aromatic heterocycles. The van der Waals surface area contributed by atoms with Crippen molar-refractivity contribution in [2.45, 2.75) is 6.54 Å². The van der Waals surface area contributed by atoms with Gasteiger partial charge in [-0.3, -0.25) is 4.79 Å². The van der Waals surface area contributed by atoms with Gasteiger partial charge in [0.05, 0.1) is 22.7 Å². The van der Waals surface area contributed by atoms with Crippen molar-refractivity contribution in [1.82, 2.24) is 4.90 Å². The van der Waals surface area contributed by atoms with Crippen LogP contribution in [-0.2, 0) is 6.54 Å². The van der Waals surface area contributed by atoms with Gasteiger partial charge < -0.3 is 14.4 Å². The van der Waals surface area contributed by atoms with Crippen LogP contribution in [0.3, 0.4) is 0 Å². The van der Waals surface area contributed by atoms with E-state index >= 15 is 0 Å². The van der Waals surface area contributed by atoms with Gasteiger partial charge in [0, 0.05) is 19.0 Å². The highest BCUT2D eigenvalue weighted by atomic mass is 127. The fourth-order valence-electron chi connectivity index (χ4n) is 1.97. The molecule has 0 radical (unpaired) electrons. The highest BCUT2D eigenvalue weighted by molar-refractivity contribution is 14.1. The number of carbonyl (C=O) groups excluding carboxylic acids is 1. The van der Waals surface area contributed by atoms with Crippen LogP contribution in [0.5, 0.6) is 11.5 Å². The van der Waals surface area contributed by atoms with E-state index in [2.05, 4.69) is 22.6 Å². The van der Waals surface area contributed by atoms with Gasteiger partial charge in [-0.05, 0) is 46.4 Å². The van der Waals surface area contributed by atoms with Crippen LogP contribution in [-0.4, -0.2) is 32.1 Å². The molecule has 0 N–H and O–H groups in total. The molecule has 0 unspecified atom stereocenters. The molecule has 4 nitrogen and oxygen atoms in total. The van der Waals surface area contributed by atoms with Crippen molar-refractivity contribution in [3.63, 3.8) is 0 Å². The van der Waals surface area contributed by atoms with Gasteiger partial charge in [0.1, 0.15) is 0 Å². The molecule has 1 aromatic carbocycles. The molecule has 1 amide bonds. The summed E-state index contributed by atoms with van der Waals surface area (Å²) in [7, 11) is 5.00. The molecule has 0 bridgehead atoms. The molecular weight excluding hydrogens is 401 g/mol. The number of thiophene rings is 1. The van der Waals surface area contributed by atoms with Crippen molar-refractivity contribution in [1.29, 1.82) is 0 Å². The Morgan fingerprint density at radius 2 is 1.95 bits per heavy atom. The summed E-state index contributed by atoms with van der Waals surface area (Å²) in [5.74, 6) is 1.37. The van der Waals surface area contributed by atoms with Gasteiger partial charge in [0.2, 0.25) is 0 Å². The first-order valence-corrected chi connectivity index (χ1v) is 8.21. The molecule has 2 aromatic rings. The van der Waals surface area contributed by atoms with Crippen LogP contribution in [0.4, 0.5) is 0 Å². The van der Waals surface area contributed by atoms with E-state index in [1.807, 2.05) is 29.6 Å². The van der Waals surface area contributed by atoms with Gasteiger partial charge >= 0.3 is 0 Å². The molecular formula is C15H16INO3S. The Labute approximate surface area is 141 Å². The Morgan fingerprint density at radius 3 is 2.52 bits per heavy atom. The summed E-state index contributed by atoms with van der Waals surface area (Å²) in [4.78, 5) is 14.0. The third-order valence-electron chi connectivity index (χ3n) is 3.03. The first-order valence-electron chi connectivity index (χ1n) is 6.25. The van der Waals surface area contributed by atoms with E-state index in [9.17, 15) is 4.79 Å². The first-order chi connectivity index (χ1) is 10.0. The molecule has 1 heterocycles. The zero-order valence-electron chi connectivity index (χ0n) is 12.1. The lowest BCUT2D eigenvalue weighted by atomic mass is 10.2. The molecule has 0 saturated carbocycles. The quantitative estimate of drug-likeness (QED) is 0.698. The van der Waals surface area contributed by atoms with E-state index < -0.39 is 0 Å². The SMILES string of the molecule is COc1ccc(CN(C)C(=O)c2csc(I)c2)cc1OC. The van der Waals surface area contributed by atoms with Gasteiger partial charge in [-0.2, -0.15) is 0 Å². The fraction of sp³-hybridized carbons (Fsp3) is 0.267. The number of benzene rings is 1. The van der Waals surface area contributed by atoms with Crippen LogP contribution >= 0.6 is 33.9 Å². The number of amides is 1. The minimum absolute atomic E-state index is 0.0175. The van der Waals surface area contributed by atoms with Crippen molar-refractivity contribution in [3.8, 4) is 11.5 Å². The van der Waals surface area contributed by atoms with E-state index in [1.54, 1.807) is 37.5 Å². The summed E-state index contributed by atoms with van der Waals surface area (Å²) in [6.07, 6.45) is 0. The molecule has 6 heteroatoms. The van der Waals surface area contributed by atoms with E-state index in [0.29, 0.717) is 18.0 Å². The Balaban J connectivity index is 2.12. The van der Waals surface area contributed by atoms with Crippen LogP contribution in [0.15, 0.2) is 29.6 Å². The Hall–Kier alpha value is -1.28. The summed E-state index contributed by atoms with van der Waals surface area (Å²) in [5.41, 5.74) is 1.72. The second kappa shape index (κ2) is 7.13. The molecule has 2 rings (SSSR count). The van der Waals surface area contributed by atoms with E-state index in [-0.39, 0.29) is 5.91 Å². The first kappa shape index (κ1) is 16.1. The molecule has 0 saturated heterocycles. The summed E-state index contributed by atoms with van der Waals surface area (Å²) in [5, 5.41) is 1.88. The zero-order valence-corrected chi connectivity index (χ0v) is 15.0. The largest absolute Gasteiger partial charge is 0.493 e. The predicted molar refractivity (Wildman–Crippen MR) is 92.4 cm³/mol. The minimum Gasteiger partial charge on any atom is -0.493 e. The van der Waals surface area contributed by atoms with Crippen LogP contribution in [0.1, 0.15) is 15.9 Å². The number of ether oxygens (including phenoxy) is 2. The summed E-state index contributed by atoms with van der Waals surface area (Å²) in [6, 6.07) is 7.57. The minimum atomic E-state index is 0.0175. The molecule has 112 valence electrons. The molecule has 21 heavy (non-hydrogen) atoms. The third kappa shape index (κ3) is 3.88. The topological polar surface area (TPSA) is 38.8 Å². The average Bonchev–Trinajstić information content (AvgIpc) is 2.92.